The molecule has 2 amide bonds. The van der Waals surface area contributed by atoms with Crippen LogP contribution in [-0.4, -0.2) is 29.9 Å². The van der Waals surface area contributed by atoms with E-state index in [-0.39, 0.29) is 23.6 Å². The first kappa shape index (κ1) is 16.1. The topological polar surface area (TPSA) is 76.4 Å². The number of rotatable bonds is 4. The lowest BCUT2D eigenvalue weighted by atomic mass is 9.57. The first-order valence-electron chi connectivity index (χ1n) is 8.72. The number of fused-ring (bicyclic) bond motifs is 1. The summed E-state index contributed by atoms with van der Waals surface area (Å²) in [5.41, 5.74) is 1.64. The Morgan fingerprint density at radius 3 is 2.92 bits per heavy atom. The first-order valence-corrected chi connectivity index (χ1v) is 8.72. The largest absolute Gasteiger partial charge is 0.377 e. The van der Waals surface area contributed by atoms with Crippen LogP contribution in [0.3, 0.4) is 0 Å². The normalized spacial score (nSPS) is 26.6. The van der Waals surface area contributed by atoms with Gasteiger partial charge in [-0.2, -0.15) is 0 Å². The van der Waals surface area contributed by atoms with Crippen molar-refractivity contribution in [1.82, 2.24) is 15.8 Å². The number of amides is 2. The second-order valence-electron chi connectivity index (χ2n) is 7.42. The molecule has 2 aromatic rings. The van der Waals surface area contributed by atoms with Gasteiger partial charge in [-0.05, 0) is 6.42 Å². The molecule has 2 heterocycles. The fourth-order valence-electron chi connectivity index (χ4n) is 4.11. The smallest absolute Gasteiger partial charge is 0.315 e. The predicted molar refractivity (Wildman–Crippen MR) is 92.7 cm³/mol. The lowest BCUT2D eigenvalue weighted by Crippen LogP contribution is -2.67. The molecule has 1 aromatic carbocycles. The molecule has 6 nitrogen and oxygen atoms in total. The number of ether oxygens (including phenoxy) is 1. The van der Waals surface area contributed by atoms with E-state index in [0.29, 0.717) is 23.9 Å². The molecular weight excluding hydrogens is 318 g/mol. The Balaban J connectivity index is 1.32. The molecule has 0 unspecified atom stereocenters. The van der Waals surface area contributed by atoms with Gasteiger partial charge in [0.05, 0.1) is 12.6 Å². The van der Waals surface area contributed by atoms with Crippen molar-refractivity contribution in [3.05, 3.63) is 42.1 Å². The highest BCUT2D eigenvalue weighted by Gasteiger charge is 2.59. The van der Waals surface area contributed by atoms with E-state index in [9.17, 15) is 4.79 Å². The lowest BCUT2D eigenvalue weighted by molar-refractivity contribution is -0.108. The average Bonchev–Trinajstić information content (AvgIpc) is 3.27. The van der Waals surface area contributed by atoms with Crippen LogP contribution in [0.15, 0.2) is 40.9 Å². The zero-order chi connectivity index (χ0) is 17.4. The van der Waals surface area contributed by atoms with Crippen molar-refractivity contribution >= 4 is 6.03 Å². The Morgan fingerprint density at radius 1 is 1.32 bits per heavy atom. The number of hydrogen-bond acceptors (Lipinski definition) is 4. The van der Waals surface area contributed by atoms with Crippen molar-refractivity contribution in [2.24, 2.45) is 11.3 Å². The summed E-state index contributed by atoms with van der Waals surface area (Å²) in [6.07, 6.45) is 1.28. The summed E-state index contributed by atoms with van der Waals surface area (Å²) in [5.74, 6) is 1.13. The molecule has 0 bridgehead atoms. The van der Waals surface area contributed by atoms with Crippen LogP contribution < -0.4 is 10.6 Å². The summed E-state index contributed by atoms with van der Waals surface area (Å²) in [5, 5.41) is 9.99. The molecule has 3 atom stereocenters. The number of carbonyl (C=O) groups is 1. The molecule has 4 rings (SSSR count). The minimum atomic E-state index is -0.173. The molecule has 2 N–H and O–H groups in total. The maximum absolute atomic E-state index is 12.3. The van der Waals surface area contributed by atoms with Gasteiger partial charge < -0.3 is 19.9 Å². The highest BCUT2D eigenvalue weighted by molar-refractivity contribution is 5.74. The highest BCUT2D eigenvalue weighted by Crippen LogP contribution is 2.52. The molecule has 1 aliphatic heterocycles. The molecular formula is C19H23N3O3. The second kappa shape index (κ2) is 6.19. The van der Waals surface area contributed by atoms with Crippen molar-refractivity contribution < 1.29 is 14.1 Å². The molecule has 2 fully saturated rings. The van der Waals surface area contributed by atoms with Crippen LogP contribution in [0.1, 0.15) is 26.0 Å². The van der Waals surface area contributed by atoms with Crippen LogP contribution >= 0.6 is 0 Å². The van der Waals surface area contributed by atoms with E-state index in [0.717, 1.165) is 18.6 Å². The van der Waals surface area contributed by atoms with Crippen LogP contribution in [0.4, 0.5) is 4.79 Å². The van der Waals surface area contributed by atoms with E-state index in [1.807, 2.05) is 36.4 Å². The summed E-state index contributed by atoms with van der Waals surface area (Å²) in [6.45, 7) is 5.42. The molecule has 1 saturated carbocycles. The molecule has 25 heavy (non-hydrogen) atoms. The first-order chi connectivity index (χ1) is 12.1. The Labute approximate surface area is 146 Å². The van der Waals surface area contributed by atoms with E-state index in [2.05, 4.69) is 29.6 Å². The second-order valence-corrected chi connectivity index (χ2v) is 7.42. The van der Waals surface area contributed by atoms with Gasteiger partial charge in [-0.25, -0.2) is 4.79 Å². The van der Waals surface area contributed by atoms with Crippen molar-refractivity contribution in [1.29, 1.82) is 0 Å². The van der Waals surface area contributed by atoms with Crippen LogP contribution in [0.5, 0.6) is 0 Å². The Morgan fingerprint density at radius 2 is 2.12 bits per heavy atom. The van der Waals surface area contributed by atoms with Gasteiger partial charge in [0.1, 0.15) is 5.69 Å². The van der Waals surface area contributed by atoms with Crippen molar-refractivity contribution in [3.63, 3.8) is 0 Å². The van der Waals surface area contributed by atoms with Crippen LogP contribution in [0, 0.1) is 11.3 Å². The Bertz CT molecular complexity index is 756. The van der Waals surface area contributed by atoms with E-state index < -0.39 is 0 Å². The third kappa shape index (κ3) is 2.91. The van der Waals surface area contributed by atoms with Gasteiger partial charge >= 0.3 is 6.03 Å². The Hall–Kier alpha value is -2.34. The third-order valence-corrected chi connectivity index (χ3v) is 5.43. The molecule has 0 radical (unpaired) electrons. The molecule has 0 spiro atoms. The summed E-state index contributed by atoms with van der Waals surface area (Å²) in [7, 11) is 0. The SMILES string of the molecule is CC1(C)[C@H](NC(=O)NCc2cc(-c3ccccc3)on2)[C@@H]2CCO[C@@H]21. The number of nitrogens with zero attached hydrogens (tertiary/aromatic N) is 1. The predicted octanol–water partition coefficient (Wildman–Crippen LogP) is 2.95. The highest BCUT2D eigenvalue weighted by atomic mass is 16.5. The number of nitrogens with one attached hydrogen (secondary N) is 2. The van der Waals surface area contributed by atoms with Crippen LogP contribution in [0.2, 0.25) is 0 Å². The average molecular weight is 341 g/mol. The summed E-state index contributed by atoms with van der Waals surface area (Å²) in [4.78, 5) is 12.3. The maximum atomic E-state index is 12.3. The molecule has 1 saturated heterocycles. The fraction of sp³-hybridized carbons (Fsp3) is 0.474. The number of hydrogen-bond donors (Lipinski definition) is 2. The lowest BCUT2D eigenvalue weighted by Gasteiger charge is -2.54. The maximum Gasteiger partial charge on any atom is 0.315 e. The van der Waals surface area contributed by atoms with Gasteiger partial charge in [0.25, 0.3) is 0 Å². The van der Waals surface area contributed by atoms with Gasteiger partial charge in [0, 0.05) is 35.6 Å². The van der Waals surface area contributed by atoms with Crippen LogP contribution in [0.25, 0.3) is 11.3 Å². The standard InChI is InChI=1S/C19H23N3O3/c1-19(2)16(14-8-9-24-17(14)19)21-18(23)20-11-13-10-15(25-22-13)12-6-4-3-5-7-12/h3-7,10,14,16-17H,8-9,11H2,1-2H3,(H2,20,21,23)/t14-,16+,17-/m0/s1. The molecule has 132 valence electrons. The van der Waals surface area contributed by atoms with Crippen molar-refractivity contribution in [2.45, 2.75) is 39.0 Å². The van der Waals surface area contributed by atoms with Gasteiger partial charge in [0.2, 0.25) is 0 Å². The molecule has 1 aliphatic carbocycles. The monoisotopic (exact) mass is 341 g/mol. The van der Waals surface area contributed by atoms with E-state index in [1.54, 1.807) is 0 Å². The van der Waals surface area contributed by atoms with E-state index in [4.69, 9.17) is 9.26 Å². The minimum Gasteiger partial charge on any atom is -0.377 e. The molecule has 1 aromatic heterocycles. The van der Waals surface area contributed by atoms with Crippen LogP contribution in [-0.2, 0) is 11.3 Å². The van der Waals surface area contributed by atoms with Gasteiger partial charge in [0.15, 0.2) is 5.76 Å². The zero-order valence-electron chi connectivity index (χ0n) is 14.5. The quantitative estimate of drug-likeness (QED) is 0.896. The van der Waals surface area contributed by atoms with Crippen molar-refractivity contribution in [3.8, 4) is 11.3 Å². The van der Waals surface area contributed by atoms with E-state index >= 15 is 0 Å². The van der Waals surface area contributed by atoms with E-state index in [1.165, 1.54) is 0 Å². The molecule has 6 heteroatoms. The Kier molecular flexibility index (Phi) is 4.00. The summed E-state index contributed by atoms with van der Waals surface area (Å²) < 4.78 is 11.1. The number of carbonyl (C=O) groups excluding carboxylic acids is 1. The summed E-state index contributed by atoms with van der Waals surface area (Å²) >= 11 is 0. The third-order valence-electron chi connectivity index (χ3n) is 5.43. The van der Waals surface area contributed by atoms with Gasteiger partial charge in [-0.15, -0.1) is 0 Å². The zero-order valence-corrected chi connectivity index (χ0v) is 14.5. The van der Waals surface area contributed by atoms with Gasteiger partial charge in [-0.3, -0.25) is 0 Å². The fourth-order valence-corrected chi connectivity index (χ4v) is 4.11. The molecule has 2 aliphatic rings. The summed E-state index contributed by atoms with van der Waals surface area (Å²) in [6, 6.07) is 11.6. The number of urea groups is 1. The van der Waals surface area contributed by atoms with Gasteiger partial charge in [-0.1, -0.05) is 49.3 Å². The number of aromatic nitrogens is 1. The minimum absolute atomic E-state index is 0.0210. The van der Waals surface area contributed by atoms with Crippen molar-refractivity contribution in [2.75, 3.05) is 6.61 Å². The number of benzene rings is 1.